The third kappa shape index (κ3) is 3.17. The first-order valence-corrected chi connectivity index (χ1v) is 7.02. The molecule has 4 heteroatoms. The fourth-order valence-electron chi connectivity index (χ4n) is 2.20. The third-order valence-electron chi connectivity index (χ3n) is 3.32. The predicted molar refractivity (Wildman–Crippen MR) is 86.3 cm³/mol. The van der Waals surface area contributed by atoms with E-state index in [0.717, 1.165) is 17.4 Å². The van der Waals surface area contributed by atoms with Crippen molar-refractivity contribution in [2.24, 2.45) is 0 Å². The summed E-state index contributed by atoms with van der Waals surface area (Å²) in [6.07, 6.45) is 4.56. The quantitative estimate of drug-likeness (QED) is 0.677. The van der Waals surface area contributed by atoms with Crippen LogP contribution in [-0.2, 0) is 6.54 Å². The van der Waals surface area contributed by atoms with Crippen LogP contribution in [0.15, 0.2) is 60.7 Å². The van der Waals surface area contributed by atoms with Gasteiger partial charge in [0, 0.05) is 0 Å². The van der Waals surface area contributed by atoms with Crippen molar-refractivity contribution < 1.29 is 4.79 Å². The molecule has 22 heavy (non-hydrogen) atoms. The third-order valence-corrected chi connectivity index (χ3v) is 3.32. The van der Waals surface area contributed by atoms with E-state index >= 15 is 0 Å². The van der Waals surface area contributed by atoms with Gasteiger partial charge in [-0.3, -0.25) is 4.79 Å². The number of hydrogen-bond acceptors (Lipinski definition) is 3. The standard InChI is InChI=1S/C18H15N3O/c22-14-17-18(12-11-15-7-3-1-4-8-15)21(20-19-17)13-16-9-5-2-6-10-16/h1-12,14H,13H2/b12-11+. The lowest BCUT2D eigenvalue weighted by Crippen LogP contribution is -2.04. The van der Waals surface area contributed by atoms with Gasteiger partial charge in [-0.1, -0.05) is 72.0 Å². The minimum atomic E-state index is 0.350. The maximum atomic E-state index is 11.2. The van der Waals surface area contributed by atoms with Crippen LogP contribution in [0.3, 0.4) is 0 Å². The molecule has 0 unspecified atom stereocenters. The fourth-order valence-corrected chi connectivity index (χ4v) is 2.20. The van der Waals surface area contributed by atoms with Crippen LogP contribution in [0.4, 0.5) is 0 Å². The first-order valence-electron chi connectivity index (χ1n) is 7.02. The van der Waals surface area contributed by atoms with Crippen LogP contribution in [0.5, 0.6) is 0 Å². The lowest BCUT2D eigenvalue weighted by Gasteiger charge is -2.03. The monoisotopic (exact) mass is 289 g/mol. The van der Waals surface area contributed by atoms with Crippen LogP contribution in [0.25, 0.3) is 12.2 Å². The van der Waals surface area contributed by atoms with E-state index in [2.05, 4.69) is 10.3 Å². The lowest BCUT2D eigenvalue weighted by atomic mass is 10.2. The van der Waals surface area contributed by atoms with Crippen molar-refractivity contribution in [3.05, 3.63) is 83.2 Å². The van der Waals surface area contributed by atoms with Gasteiger partial charge >= 0.3 is 0 Å². The number of hydrogen-bond donors (Lipinski definition) is 0. The van der Waals surface area contributed by atoms with Crippen molar-refractivity contribution in [1.29, 1.82) is 0 Å². The molecule has 0 aliphatic rings. The number of benzene rings is 2. The minimum absolute atomic E-state index is 0.350. The number of aromatic nitrogens is 3. The molecule has 108 valence electrons. The summed E-state index contributed by atoms with van der Waals surface area (Å²) in [4.78, 5) is 11.2. The van der Waals surface area contributed by atoms with E-state index in [0.29, 0.717) is 17.9 Å². The fraction of sp³-hybridized carbons (Fsp3) is 0.0556. The predicted octanol–water partition coefficient (Wildman–Crippen LogP) is 3.31. The Bertz CT molecular complexity index is 777. The second kappa shape index (κ2) is 6.63. The van der Waals surface area contributed by atoms with E-state index < -0.39 is 0 Å². The summed E-state index contributed by atoms with van der Waals surface area (Å²) in [5.41, 5.74) is 3.23. The van der Waals surface area contributed by atoms with Gasteiger partial charge in [-0.15, -0.1) is 5.10 Å². The van der Waals surface area contributed by atoms with Crippen molar-refractivity contribution >= 4 is 18.4 Å². The molecule has 3 aromatic rings. The van der Waals surface area contributed by atoms with E-state index in [9.17, 15) is 4.79 Å². The summed E-state index contributed by atoms with van der Waals surface area (Å²) in [5.74, 6) is 0. The molecular weight excluding hydrogens is 274 g/mol. The molecular formula is C18H15N3O. The van der Waals surface area contributed by atoms with Gasteiger partial charge in [0.1, 0.15) is 0 Å². The van der Waals surface area contributed by atoms with Crippen LogP contribution in [0.2, 0.25) is 0 Å². The molecule has 0 spiro atoms. The molecule has 3 rings (SSSR count). The highest BCUT2D eigenvalue weighted by atomic mass is 16.1. The van der Waals surface area contributed by atoms with Crippen molar-refractivity contribution in [3.8, 4) is 0 Å². The van der Waals surface area contributed by atoms with Crippen molar-refractivity contribution in [1.82, 2.24) is 15.0 Å². The van der Waals surface area contributed by atoms with Gasteiger partial charge in [-0.2, -0.15) is 0 Å². The first-order chi connectivity index (χ1) is 10.9. The topological polar surface area (TPSA) is 47.8 Å². The zero-order valence-corrected chi connectivity index (χ0v) is 12.0. The second-order valence-corrected chi connectivity index (χ2v) is 4.87. The van der Waals surface area contributed by atoms with Crippen LogP contribution in [-0.4, -0.2) is 21.3 Å². The second-order valence-electron chi connectivity index (χ2n) is 4.87. The van der Waals surface area contributed by atoms with Crippen LogP contribution in [0.1, 0.15) is 27.3 Å². The Hall–Kier alpha value is -3.01. The number of aldehydes is 1. The molecule has 0 saturated heterocycles. The number of rotatable bonds is 5. The van der Waals surface area contributed by atoms with Gasteiger partial charge in [0.15, 0.2) is 12.0 Å². The highest BCUT2D eigenvalue weighted by Gasteiger charge is 2.09. The molecule has 0 amide bonds. The molecule has 0 atom stereocenters. The Kier molecular flexibility index (Phi) is 4.20. The summed E-state index contributed by atoms with van der Waals surface area (Å²) in [6.45, 7) is 0.580. The Morgan fingerprint density at radius 3 is 2.27 bits per heavy atom. The summed E-state index contributed by atoms with van der Waals surface area (Å²) >= 11 is 0. The van der Waals surface area contributed by atoms with E-state index in [1.165, 1.54) is 0 Å². The van der Waals surface area contributed by atoms with Crippen LogP contribution >= 0.6 is 0 Å². The van der Waals surface area contributed by atoms with E-state index in [-0.39, 0.29) is 0 Å². The summed E-state index contributed by atoms with van der Waals surface area (Å²) in [6, 6.07) is 19.9. The molecule has 0 radical (unpaired) electrons. The van der Waals surface area contributed by atoms with Gasteiger partial charge in [-0.25, -0.2) is 4.68 Å². The van der Waals surface area contributed by atoms with Gasteiger partial charge in [0.2, 0.25) is 0 Å². The Morgan fingerprint density at radius 2 is 1.59 bits per heavy atom. The number of nitrogens with zero attached hydrogens (tertiary/aromatic N) is 3. The van der Waals surface area contributed by atoms with Gasteiger partial charge in [0.25, 0.3) is 0 Å². The lowest BCUT2D eigenvalue weighted by molar-refractivity contribution is 0.111. The Labute approximate surface area is 128 Å². The van der Waals surface area contributed by atoms with E-state index in [4.69, 9.17) is 0 Å². The molecule has 0 fully saturated rings. The average molecular weight is 289 g/mol. The van der Waals surface area contributed by atoms with Crippen LogP contribution < -0.4 is 0 Å². The van der Waals surface area contributed by atoms with E-state index in [1.54, 1.807) is 4.68 Å². The molecule has 0 N–H and O–H groups in total. The smallest absolute Gasteiger partial charge is 0.172 e. The summed E-state index contributed by atoms with van der Waals surface area (Å²) in [7, 11) is 0. The Morgan fingerprint density at radius 1 is 0.909 bits per heavy atom. The highest BCUT2D eigenvalue weighted by molar-refractivity contribution is 5.81. The van der Waals surface area contributed by atoms with Crippen molar-refractivity contribution in [2.75, 3.05) is 0 Å². The normalized spacial score (nSPS) is 10.9. The average Bonchev–Trinajstić information content (AvgIpc) is 2.96. The SMILES string of the molecule is O=Cc1nnn(Cc2ccccc2)c1/C=C/c1ccccc1. The Balaban J connectivity index is 1.90. The zero-order chi connectivity index (χ0) is 15.2. The minimum Gasteiger partial charge on any atom is -0.296 e. The molecule has 0 saturated carbocycles. The highest BCUT2D eigenvalue weighted by Crippen LogP contribution is 2.12. The maximum absolute atomic E-state index is 11.2. The molecule has 4 nitrogen and oxygen atoms in total. The van der Waals surface area contributed by atoms with Gasteiger partial charge < -0.3 is 0 Å². The molecule has 0 aliphatic heterocycles. The number of carbonyl (C=O) groups is 1. The molecule has 2 aromatic carbocycles. The van der Waals surface area contributed by atoms with Gasteiger partial charge in [-0.05, 0) is 17.2 Å². The first kappa shape index (κ1) is 13.9. The van der Waals surface area contributed by atoms with Gasteiger partial charge in [0.05, 0.1) is 12.2 Å². The number of carbonyl (C=O) groups excluding carboxylic acids is 1. The zero-order valence-electron chi connectivity index (χ0n) is 12.0. The molecule has 1 heterocycles. The van der Waals surface area contributed by atoms with Crippen molar-refractivity contribution in [2.45, 2.75) is 6.54 Å². The maximum Gasteiger partial charge on any atom is 0.172 e. The van der Waals surface area contributed by atoms with E-state index in [1.807, 2.05) is 72.8 Å². The van der Waals surface area contributed by atoms with Crippen molar-refractivity contribution in [3.63, 3.8) is 0 Å². The molecule has 0 aliphatic carbocycles. The molecule has 1 aromatic heterocycles. The summed E-state index contributed by atoms with van der Waals surface area (Å²) in [5, 5.41) is 8.02. The molecule has 0 bridgehead atoms. The summed E-state index contributed by atoms with van der Waals surface area (Å²) < 4.78 is 1.73. The largest absolute Gasteiger partial charge is 0.296 e. The van der Waals surface area contributed by atoms with Crippen LogP contribution in [0, 0.1) is 0 Å².